The zero-order valence-corrected chi connectivity index (χ0v) is 19.2. The largest absolute Gasteiger partial charge is 0.480 e. The average molecular weight is 475 g/mol. The Morgan fingerprint density at radius 2 is 1.71 bits per heavy atom. The third-order valence-electron chi connectivity index (χ3n) is 6.57. The van der Waals surface area contributed by atoms with Gasteiger partial charge in [-0.1, -0.05) is 48.5 Å². The first-order valence-corrected chi connectivity index (χ1v) is 11.6. The van der Waals surface area contributed by atoms with Crippen molar-refractivity contribution in [1.82, 2.24) is 20.4 Å². The van der Waals surface area contributed by atoms with E-state index in [1.165, 1.54) is 10.7 Å². The molecular formula is C26H26N4O5. The number of aliphatic carboxylic acids is 1. The third kappa shape index (κ3) is 4.62. The minimum atomic E-state index is -1.04. The smallest absolute Gasteiger partial charge is 0.407 e. The number of fused-ring (bicyclic) bond motifs is 3. The number of hydrogen-bond acceptors (Lipinski definition) is 5. The highest BCUT2D eigenvalue weighted by molar-refractivity contribution is 5.95. The first kappa shape index (κ1) is 22.6. The highest BCUT2D eigenvalue weighted by Gasteiger charge is 2.37. The van der Waals surface area contributed by atoms with Crippen LogP contribution in [0, 0.1) is 5.92 Å². The molecule has 2 aliphatic rings. The van der Waals surface area contributed by atoms with Crippen LogP contribution in [0.1, 0.15) is 46.1 Å². The minimum absolute atomic E-state index is 0.0283. The van der Waals surface area contributed by atoms with Crippen molar-refractivity contribution < 1.29 is 24.2 Å². The predicted molar refractivity (Wildman–Crippen MR) is 127 cm³/mol. The highest BCUT2D eigenvalue weighted by Crippen LogP contribution is 2.44. The van der Waals surface area contributed by atoms with E-state index in [-0.39, 0.29) is 30.7 Å². The van der Waals surface area contributed by atoms with Crippen molar-refractivity contribution in [3.8, 4) is 11.1 Å². The lowest BCUT2D eigenvalue weighted by molar-refractivity contribution is -0.139. The summed E-state index contributed by atoms with van der Waals surface area (Å²) in [5.41, 5.74) is 5.26. The van der Waals surface area contributed by atoms with Crippen molar-refractivity contribution in [3.63, 3.8) is 0 Å². The molecule has 0 aliphatic heterocycles. The Bertz CT molecular complexity index is 1250. The van der Waals surface area contributed by atoms with Gasteiger partial charge in [-0.15, -0.1) is 0 Å². The topological polar surface area (TPSA) is 123 Å². The fourth-order valence-electron chi connectivity index (χ4n) is 4.66. The second kappa shape index (κ2) is 9.25. The van der Waals surface area contributed by atoms with Crippen LogP contribution < -0.4 is 10.6 Å². The molecule has 0 radical (unpaired) electrons. The number of ether oxygens (including phenoxy) is 1. The molecule has 0 spiro atoms. The zero-order valence-electron chi connectivity index (χ0n) is 19.2. The molecule has 1 fully saturated rings. The van der Waals surface area contributed by atoms with Gasteiger partial charge in [0, 0.05) is 13.0 Å². The van der Waals surface area contributed by atoms with Crippen LogP contribution in [-0.4, -0.2) is 45.5 Å². The fraction of sp³-hybridized carbons (Fsp3) is 0.308. The zero-order chi connectivity index (χ0) is 24.5. The lowest BCUT2D eigenvalue weighted by Crippen LogP contribution is -2.42. The van der Waals surface area contributed by atoms with Crippen LogP contribution in [0.4, 0.5) is 4.79 Å². The van der Waals surface area contributed by atoms with E-state index in [9.17, 15) is 19.5 Å². The minimum Gasteiger partial charge on any atom is -0.480 e. The lowest BCUT2D eigenvalue weighted by Gasteiger charge is -2.14. The number of alkyl carbamates (subject to hydrolysis) is 1. The van der Waals surface area contributed by atoms with Gasteiger partial charge in [0.1, 0.15) is 18.3 Å². The third-order valence-corrected chi connectivity index (χ3v) is 6.57. The van der Waals surface area contributed by atoms with Crippen LogP contribution in [-0.2, 0) is 23.1 Å². The standard InChI is InChI=1S/C26H26N4O5/c1-30-22(24(31)28-23(25(32)33)15-10-11-15)12-16(29-30)13-27-26(34)35-14-21-19-8-4-2-6-17(19)18-7-3-5-9-20(18)21/h2-9,12,15,21,23H,10-11,13-14H2,1H3,(H,27,34)(H,28,31)(H,32,33). The molecule has 1 heterocycles. The average Bonchev–Trinajstić information content (AvgIpc) is 3.55. The molecular weight excluding hydrogens is 448 g/mol. The van der Waals surface area contributed by atoms with E-state index < -0.39 is 24.0 Å². The van der Waals surface area contributed by atoms with Crippen LogP contribution in [0.3, 0.4) is 0 Å². The molecule has 3 aromatic rings. The van der Waals surface area contributed by atoms with Gasteiger partial charge in [-0.2, -0.15) is 5.10 Å². The molecule has 5 rings (SSSR count). The van der Waals surface area contributed by atoms with Crippen LogP contribution in [0.2, 0.25) is 0 Å². The lowest BCUT2D eigenvalue weighted by atomic mass is 9.98. The van der Waals surface area contributed by atoms with Gasteiger partial charge in [0.2, 0.25) is 0 Å². The molecule has 9 heteroatoms. The first-order valence-electron chi connectivity index (χ1n) is 11.6. The highest BCUT2D eigenvalue weighted by atomic mass is 16.5. The Labute approximate surface area is 202 Å². The molecule has 1 aromatic heterocycles. The summed E-state index contributed by atoms with van der Waals surface area (Å²) in [6.45, 7) is 0.274. The number of aryl methyl sites for hydroxylation is 1. The fourth-order valence-corrected chi connectivity index (χ4v) is 4.66. The summed E-state index contributed by atoms with van der Waals surface area (Å²) in [7, 11) is 1.60. The summed E-state index contributed by atoms with van der Waals surface area (Å²) >= 11 is 0. The van der Waals surface area contributed by atoms with Gasteiger partial charge in [0.05, 0.1) is 12.2 Å². The van der Waals surface area contributed by atoms with Crippen LogP contribution >= 0.6 is 0 Å². The number of nitrogens with one attached hydrogen (secondary N) is 2. The second-order valence-electron chi connectivity index (χ2n) is 8.95. The van der Waals surface area contributed by atoms with E-state index in [1.807, 2.05) is 24.3 Å². The number of amides is 2. The van der Waals surface area contributed by atoms with Gasteiger partial charge < -0.3 is 20.5 Å². The maximum Gasteiger partial charge on any atom is 0.407 e. The number of carboxylic acids is 1. The van der Waals surface area contributed by atoms with Crippen LogP contribution in [0.15, 0.2) is 54.6 Å². The molecule has 180 valence electrons. The summed E-state index contributed by atoms with van der Waals surface area (Å²) in [5.74, 6) is -1.61. The maximum atomic E-state index is 12.6. The van der Waals surface area contributed by atoms with Crippen molar-refractivity contribution >= 4 is 18.0 Å². The van der Waals surface area contributed by atoms with E-state index in [0.717, 1.165) is 35.1 Å². The van der Waals surface area contributed by atoms with Crippen molar-refractivity contribution in [2.24, 2.45) is 13.0 Å². The number of rotatable bonds is 8. The number of carbonyl (C=O) groups is 3. The van der Waals surface area contributed by atoms with Gasteiger partial charge in [0.25, 0.3) is 5.91 Å². The van der Waals surface area contributed by atoms with Crippen molar-refractivity contribution in [2.75, 3.05) is 6.61 Å². The summed E-state index contributed by atoms with van der Waals surface area (Å²) in [6.07, 6.45) is 0.999. The van der Waals surface area contributed by atoms with Crippen LogP contribution in [0.5, 0.6) is 0 Å². The Morgan fingerprint density at radius 3 is 2.31 bits per heavy atom. The number of benzene rings is 2. The molecule has 2 aliphatic carbocycles. The second-order valence-corrected chi connectivity index (χ2v) is 8.95. The normalized spacial score (nSPS) is 15.1. The van der Waals surface area contributed by atoms with Crippen molar-refractivity contribution in [3.05, 3.63) is 77.1 Å². The quantitative estimate of drug-likeness (QED) is 0.461. The maximum absolute atomic E-state index is 12.6. The van der Waals surface area contributed by atoms with Crippen molar-refractivity contribution in [1.29, 1.82) is 0 Å². The molecule has 1 atom stereocenters. The molecule has 0 bridgehead atoms. The molecule has 0 saturated heterocycles. The van der Waals surface area contributed by atoms with Gasteiger partial charge in [-0.25, -0.2) is 9.59 Å². The summed E-state index contributed by atoms with van der Waals surface area (Å²) < 4.78 is 6.90. The Morgan fingerprint density at radius 1 is 1.09 bits per heavy atom. The molecule has 2 aromatic carbocycles. The van der Waals surface area contributed by atoms with Gasteiger partial charge in [0.15, 0.2) is 0 Å². The number of carboxylic acid groups (broad SMARTS) is 1. The Hall–Kier alpha value is -4.14. The Balaban J connectivity index is 1.17. The van der Waals surface area contributed by atoms with Gasteiger partial charge in [-0.3, -0.25) is 9.48 Å². The number of hydrogen-bond donors (Lipinski definition) is 3. The first-order chi connectivity index (χ1) is 16.9. The molecule has 9 nitrogen and oxygen atoms in total. The number of carbonyl (C=O) groups excluding carboxylic acids is 2. The van der Waals surface area contributed by atoms with E-state index in [4.69, 9.17) is 4.74 Å². The molecule has 1 unspecified atom stereocenters. The van der Waals surface area contributed by atoms with E-state index >= 15 is 0 Å². The molecule has 35 heavy (non-hydrogen) atoms. The SMILES string of the molecule is Cn1nc(CNC(=O)OCC2c3ccccc3-c3ccccc32)cc1C(=O)NC(C(=O)O)C1CC1. The molecule has 3 N–H and O–H groups in total. The summed E-state index contributed by atoms with van der Waals surface area (Å²) in [5, 5.41) is 18.8. The molecule has 1 saturated carbocycles. The van der Waals surface area contributed by atoms with Gasteiger partial charge >= 0.3 is 12.1 Å². The van der Waals surface area contributed by atoms with E-state index in [0.29, 0.717) is 5.69 Å². The van der Waals surface area contributed by atoms with Gasteiger partial charge in [-0.05, 0) is 47.1 Å². The van der Waals surface area contributed by atoms with Crippen molar-refractivity contribution in [2.45, 2.75) is 31.3 Å². The van der Waals surface area contributed by atoms with Crippen LogP contribution in [0.25, 0.3) is 11.1 Å². The number of aromatic nitrogens is 2. The van der Waals surface area contributed by atoms with E-state index in [1.54, 1.807) is 7.05 Å². The van der Waals surface area contributed by atoms with E-state index in [2.05, 4.69) is 40.0 Å². The predicted octanol–water partition coefficient (Wildman–Crippen LogP) is 3.05. The monoisotopic (exact) mass is 474 g/mol. The Kier molecular flexibility index (Phi) is 5.98. The summed E-state index contributed by atoms with van der Waals surface area (Å²) in [6, 6.07) is 16.9. The number of nitrogens with zero attached hydrogens (tertiary/aromatic N) is 2. The molecule has 2 amide bonds. The summed E-state index contributed by atoms with van der Waals surface area (Å²) in [4.78, 5) is 36.4.